The van der Waals surface area contributed by atoms with Crippen molar-refractivity contribution in [3.8, 4) is 68.3 Å². The highest BCUT2D eigenvalue weighted by molar-refractivity contribution is 7.26. The molecule has 0 aliphatic heterocycles. The first kappa shape index (κ1) is 32.1. The minimum atomic E-state index is -0.922. The molecule has 4 aromatic heterocycles. The molecule has 11 heteroatoms. The van der Waals surface area contributed by atoms with E-state index in [1.165, 1.54) is 20.2 Å². The number of para-hydroxylation sites is 1. The zero-order chi connectivity index (χ0) is 37.8. The Labute approximate surface area is 321 Å². The average molecular weight is 746 g/mol. The number of phenolic OH excluding ortho intramolecular Hbond substituents is 4. The summed E-state index contributed by atoms with van der Waals surface area (Å²) in [5.41, 5.74) is 5.05. The summed E-state index contributed by atoms with van der Waals surface area (Å²) in [4.78, 5) is 14.1. The Morgan fingerprint density at radius 2 is 1.04 bits per heavy atom. The maximum Gasteiger partial charge on any atom is 0.200 e. The number of benzene rings is 7. The van der Waals surface area contributed by atoms with Crippen LogP contribution in [-0.2, 0) is 0 Å². The second-order valence-corrected chi connectivity index (χ2v) is 14.7. The largest absolute Gasteiger partial charge is 0.508 e. The number of phenols is 4. The van der Waals surface area contributed by atoms with Crippen LogP contribution in [-0.4, -0.2) is 43.2 Å². The first-order valence-electron chi connectivity index (χ1n) is 17.6. The van der Waals surface area contributed by atoms with Gasteiger partial charge in [0.2, 0.25) is 5.75 Å². The van der Waals surface area contributed by atoms with Crippen molar-refractivity contribution in [2.75, 3.05) is 0 Å². The normalized spacial score (nSPS) is 11.9. The molecular formula is C45H24BN3O6S. The number of aromatic nitrogens is 3. The molecule has 9 nitrogen and oxygen atoms in total. The third kappa shape index (κ3) is 4.71. The lowest BCUT2D eigenvalue weighted by molar-refractivity contribution is 0.365. The van der Waals surface area contributed by atoms with E-state index in [0.29, 0.717) is 27.9 Å². The van der Waals surface area contributed by atoms with Gasteiger partial charge in [-0.15, -0.1) is 11.3 Å². The molecule has 11 rings (SSSR count). The van der Waals surface area contributed by atoms with Crippen LogP contribution in [0, 0.1) is 0 Å². The lowest BCUT2D eigenvalue weighted by Gasteiger charge is -2.14. The number of nitrogens with zero attached hydrogens (tertiary/aromatic N) is 3. The number of rotatable bonds is 4. The molecule has 0 aliphatic rings. The SMILES string of the molecule is [B]c1c(O)c(O)c(O)c(-c2nc(-c3ccc4c(c3)oc3ccccc34)nc(-c3ccc4c(c3)oc3ccc(-c5cccc6c5sc5ccccc56)cc34)n2)c1O. The summed E-state index contributed by atoms with van der Waals surface area (Å²) in [7, 11) is 5.91. The summed E-state index contributed by atoms with van der Waals surface area (Å²) < 4.78 is 15.0. The zero-order valence-corrected chi connectivity index (χ0v) is 29.8. The summed E-state index contributed by atoms with van der Waals surface area (Å²) in [6, 6.07) is 40.0. The van der Waals surface area contributed by atoms with Gasteiger partial charge in [-0.2, -0.15) is 0 Å². The Morgan fingerprint density at radius 1 is 0.446 bits per heavy atom. The van der Waals surface area contributed by atoms with Crippen LogP contribution >= 0.6 is 11.3 Å². The maximum atomic E-state index is 11.0. The molecule has 264 valence electrons. The monoisotopic (exact) mass is 745 g/mol. The van der Waals surface area contributed by atoms with Gasteiger partial charge in [0.15, 0.2) is 29.0 Å². The Morgan fingerprint density at radius 3 is 1.79 bits per heavy atom. The van der Waals surface area contributed by atoms with E-state index in [4.69, 9.17) is 21.7 Å². The van der Waals surface area contributed by atoms with E-state index in [1.54, 1.807) is 17.4 Å². The molecule has 0 spiro atoms. The molecule has 0 unspecified atom stereocenters. The molecule has 4 heterocycles. The highest BCUT2D eigenvalue weighted by atomic mass is 32.1. The van der Waals surface area contributed by atoms with Crippen molar-refractivity contribution in [3.05, 3.63) is 121 Å². The van der Waals surface area contributed by atoms with Crippen LogP contribution in [0.3, 0.4) is 0 Å². The Balaban J connectivity index is 1.07. The lowest BCUT2D eigenvalue weighted by atomic mass is 9.90. The molecule has 56 heavy (non-hydrogen) atoms. The molecule has 0 fully saturated rings. The maximum absolute atomic E-state index is 11.0. The summed E-state index contributed by atoms with van der Waals surface area (Å²) >= 11 is 1.79. The van der Waals surface area contributed by atoms with Gasteiger partial charge < -0.3 is 29.3 Å². The van der Waals surface area contributed by atoms with Crippen LogP contribution in [0.25, 0.3) is 109 Å². The highest BCUT2D eigenvalue weighted by Crippen LogP contribution is 2.46. The highest BCUT2D eigenvalue weighted by Gasteiger charge is 2.26. The van der Waals surface area contributed by atoms with E-state index in [0.717, 1.165) is 38.3 Å². The van der Waals surface area contributed by atoms with E-state index >= 15 is 0 Å². The quantitative estimate of drug-likeness (QED) is 0.0785. The second kappa shape index (κ2) is 11.8. The fourth-order valence-corrected chi connectivity index (χ4v) is 8.84. The summed E-state index contributed by atoms with van der Waals surface area (Å²) in [6.07, 6.45) is 0. The van der Waals surface area contributed by atoms with Crippen molar-refractivity contribution in [1.82, 2.24) is 15.0 Å². The summed E-state index contributed by atoms with van der Waals surface area (Å²) in [5, 5.41) is 48.9. The van der Waals surface area contributed by atoms with Gasteiger partial charge >= 0.3 is 0 Å². The first-order chi connectivity index (χ1) is 27.3. The van der Waals surface area contributed by atoms with Crippen molar-refractivity contribution in [1.29, 1.82) is 0 Å². The third-order valence-electron chi connectivity index (χ3n) is 10.4. The van der Waals surface area contributed by atoms with Gasteiger partial charge in [0, 0.05) is 52.8 Å². The van der Waals surface area contributed by atoms with Crippen LogP contribution in [0.4, 0.5) is 0 Å². The average Bonchev–Trinajstić information content (AvgIpc) is 3.92. The Bertz CT molecular complexity index is 3430. The lowest BCUT2D eigenvalue weighted by Crippen LogP contribution is -2.08. The molecule has 0 amide bonds. The van der Waals surface area contributed by atoms with E-state index in [1.807, 2.05) is 60.7 Å². The van der Waals surface area contributed by atoms with Crippen LogP contribution < -0.4 is 5.46 Å². The second-order valence-electron chi connectivity index (χ2n) is 13.6. The summed E-state index contributed by atoms with van der Waals surface area (Å²) in [6.45, 7) is 0. The molecule has 0 saturated heterocycles. The Kier molecular flexibility index (Phi) is 6.77. The first-order valence-corrected chi connectivity index (χ1v) is 18.4. The van der Waals surface area contributed by atoms with Crippen LogP contribution in [0.1, 0.15) is 0 Å². The van der Waals surface area contributed by atoms with Crippen molar-refractivity contribution in [3.63, 3.8) is 0 Å². The van der Waals surface area contributed by atoms with Gasteiger partial charge in [0.25, 0.3) is 0 Å². The number of hydrogen-bond donors (Lipinski definition) is 4. The van der Waals surface area contributed by atoms with Gasteiger partial charge in [-0.1, -0.05) is 72.8 Å². The predicted octanol–water partition coefficient (Wildman–Crippen LogP) is 10.3. The van der Waals surface area contributed by atoms with Gasteiger partial charge in [-0.25, -0.2) is 15.0 Å². The molecule has 4 N–H and O–H groups in total. The van der Waals surface area contributed by atoms with E-state index in [9.17, 15) is 20.4 Å². The van der Waals surface area contributed by atoms with Gasteiger partial charge in [-0.3, -0.25) is 0 Å². The number of aromatic hydroxyl groups is 4. The zero-order valence-electron chi connectivity index (χ0n) is 29.0. The van der Waals surface area contributed by atoms with Gasteiger partial charge in [0.1, 0.15) is 41.5 Å². The number of fused-ring (bicyclic) bond motifs is 9. The molecule has 7 aromatic carbocycles. The molecule has 2 radical (unpaired) electrons. The topological polar surface area (TPSA) is 146 Å². The number of thiophene rings is 1. The Hall–Kier alpha value is -7.37. The predicted molar refractivity (Wildman–Crippen MR) is 221 cm³/mol. The molecule has 0 atom stereocenters. The van der Waals surface area contributed by atoms with Crippen LogP contribution in [0.15, 0.2) is 130 Å². The molecular weight excluding hydrogens is 721 g/mol. The van der Waals surface area contributed by atoms with Gasteiger partial charge in [-0.05, 0) is 65.1 Å². The number of furan rings is 2. The fraction of sp³-hybridized carbons (Fsp3) is 0. The van der Waals surface area contributed by atoms with Gasteiger partial charge in [0.05, 0.1) is 0 Å². The molecule has 0 bridgehead atoms. The van der Waals surface area contributed by atoms with Crippen LogP contribution in [0.5, 0.6) is 23.0 Å². The van der Waals surface area contributed by atoms with Crippen molar-refractivity contribution in [2.24, 2.45) is 0 Å². The smallest absolute Gasteiger partial charge is 0.200 e. The van der Waals surface area contributed by atoms with E-state index in [2.05, 4.69) is 64.6 Å². The van der Waals surface area contributed by atoms with E-state index < -0.39 is 28.5 Å². The van der Waals surface area contributed by atoms with Crippen molar-refractivity contribution < 1.29 is 29.3 Å². The third-order valence-corrected chi connectivity index (χ3v) is 11.6. The van der Waals surface area contributed by atoms with Crippen LogP contribution in [0.2, 0.25) is 0 Å². The fourth-order valence-electron chi connectivity index (χ4n) is 7.60. The number of hydrogen-bond acceptors (Lipinski definition) is 10. The molecule has 11 aromatic rings. The minimum absolute atomic E-state index is 0.180. The van der Waals surface area contributed by atoms with Crippen molar-refractivity contribution in [2.45, 2.75) is 0 Å². The standard InChI is InChI=1S/C45H24BN3O6S/c46-37-38(50)36(39(51)41(53)40(37)52)45-48-43(22-12-15-26-25-6-1-3-10-31(25)54-33(26)19-22)47-44(49-45)23-13-16-27-30-18-21(14-17-32(30)55-34(27)20-23)24-8-5-9-29-28-7-2-4-11-35(28)56-42(24)29/h1-20,50-53H. The van der Waals surface area contributed by atoms with Crippen molar-refractivity contribution >= 4 is 88.7 Å². The molecule has 0 aliphatic carbocycles. The summed E-state index contributed by atoms with van der Waals surface area (Å²) in [5.74, 6) is -3.18. The van der Waals surface area contributed by atoms with E-state index in [-0.39, 0.29) is 23.0 Å². The molecule has 0 saturated carbocycles. The minimum Gasteiger partial charge on any atom is -0.508 e.